The van der Waals surface area contributed by atoms with Crippen LogP contribution in [0.25, 0.3) is 10.6 Å². The highest BCUT2D eigenvalue weighted by atomic mass is 32.2. The highest BCUT2D eigenvalue weighted by molar-refractivity contribution is 7.99. The number of hydrogen-bond donors (Lipinski definition) is 1. The molecule has 0 radical (unpaired) electrons. The van der Waals surface area contributed by atoms with Crippen LogP contribution in [0, 0.1) is 0 Å². The van der Waals surface area contributed by atoms with Crippen molar-refractivity contribution in [2.75, 3.05) is 12.8 Å². The number of rotatable bonds is 5. The molecule has 21 heavy (non-hydrogen) atoms. The minimum Gasteiger partial charge on any atom is -0.315 e. The number of benzene rings is 1. The third-order valence-electron chi connectivity index (χ3n) is 3.16. The van der Waals surface area contributed by atoms with E-state index in [0.29, 0.717) is 0 Å². The van der Waals surface area contributed by atoms with E-state index in [0.717, 1.165) is 17.3 Å². The molecular weight excluding hydrogens is 296 g/mol. The summed E-state index contributed by atoms with van der Waals surface area (Å²) in [5.74, 6) is 1.11. The van der Waals surface area contributed by atoms with Crippen LogP contribution in [0.3, 0.4) is 0 Å². The maximum Gasteiger partial charge on any atom is 0.123 e. The summed E-state index contributed by atoms with van der Waals surface area (Å²) in [5.41, 5.74) is 2.51. The van der Waals surface area contributed by atoms with E-state index < -0.39 is 0 Å². The van der Waals surface area contributed by atoms with Gasteiger partial charge in [-0.25, -0.2) is 4.98 Å². The first kappa shape index (κ1) is 16.5. The van der Waals surface area contributed by atoms with Crippen LogP contribution in [0.15, 0.2) is 29.2 Å². The molecule has 4 heteroatoms. The van der Waals surface area contributed by atoms with Crippen molar-refractivity contribution in [3.05, 3.63) is 34.8 Å². The highest BCUT2D eigenvalue weighted by Crippen LogP contribution is 2.35. The van der Waals surface area contributed by atoms with Crippen molar-refractivity contribution in [3.63, 3.8) is 0 Å². The standard InChI is InChI=1S/C17H24N2S2/c1-6-20-13-9-7-12(8-10-13)16-19-15(17(2,3)4)14(21-16)11-18-5/h7-10,18H,6,11H2,1-5H3. The predicted molar refractivity (Wildman–Crippen MR) is 95.4 cm³/mol. The summed E-state index contributed by atoms with van der Waals surface area (Å²) in [6.45, 7) is 9.75. The molecule has 1 aromatic heterocycles. The predicted octanol–water partition coefficient (Wildman–Crippen LogP) is 4.94. The Balaban J connectivity index is 2.35. The number of hydrogen-bond acceptors (Lipinski definition) is 4. The Kier molecular flexibility index (Phi) is 5.47. The van der Waals surface area contributed by atoms with Crippen molar-refractivity contribution in [2.24, 2.45) is 0 Å². The molecule has 1 aromatic carbocycles. The first-order valence-electron chi connectivity index (χ1n) is 7.33. The van der Waals surface area contributed by atoms with Gasteiger partial charge in [-0.3, -0.25) is 0 Å². The molecule has 0 saturated heterocycles. The molecule has 0 bridgehead atoms. The van der Waals surface area contributed by atoms with E-state index in [1.807, 2.05) is 18.8 Å². The molecule has 1 N–H and O–H groups in total. The van der Waals surface area contributed by atoms with E-state index in [1.54, 1.807) is 11.3 Å². The number of nitrogens with one attached hydrogen (secondary N) is 1. The second-order valence-electron chi connectivity index (χ2n) is 6.03. The molecule has 0 aliphatic rings. The largest absolute Gasteiger partial charge is 0.315 e. The van der Waals surface area contributed by atoms with E-state index in [9.17, 15) is 0 Å². The van der Waals surface area contributed by atoms with Crippen LogP contribution >= 0.6 is 23.1 Å². The monoisotopic (exact) mass is 320 g/mol. The summed E-state index contributed by atoms with van der Waals surface area (Å²) in [6.07, 6.45) is 0. The zero-order valence-electron chi connectivity index (χ0n) is 13.5. The molecule has 2 rings (SSSR count). The van der Waals surface area contributed by atoms with Gasteiger partial charge in [0.15, 0.2) is 0 Å². The second kappa shape index (κ2) is 6.95. The molecule has 0 atom stereocenters. The summed E-state index contributed by atoms with van der Waals surface area (Å²) in [7, 11) is 1.99. The lowest BCUT2D eigenvalue weighted by Crippen LogP contribution is -2.16. The van der Waals surface area contributed by atoms with E-state index in [-0.39, 0.29) is 5.41 Å². The second-order valence-corrected chi connectivity index (χ2v) is 8.45. The topological polar surface area (TPSA) is 24.9 Å². The Hall–Kier alpha value is -0.840. The third kappa shape index (κ3) is 4.09. The van der Waals surface area contributed by atoms with Crippen LogP contribution in [0.1, 0.15) is 38.3 Å². The molecule has 0 aliphatic carbocycles. The van der Waals surface area contributed by atoms with Crippen LogP contribution < -0.4 is 5.32 Å². The quantitative estimate of drug-likeness (QED) is 0.790. The Morgan fingerprint density at radius 1 is 1.19 bits per heavy atom. The van der Waals surface area contributed by atoms with E-state index in [4.69, 9.17) is 4.98 Å². The minimum absolute atomic E-state index is 0.0823. The van der Waals surface area contributed by atoms with Crippen LogP contribution in [0.4, 0.5) is 0 Å². The Morgan fingerprint density at radius 2 is 1.86 bits per heavy atom. The minimum atomic E-state index is 0.0823. The molecule has 0 spiro atoms. The lowest BCUT2D eigenvalue weighted by molar-refractivity contribution is 0.563. The molecule has 1 heterocycles. The molecule has 0 aliphatic heterocycles. The van der Waals surface area contributed by atoms with Crippen LogP contribution in [-0.4, -0.2) is 17.8 Å². The smallest absolute Gasteiger partial charge is 0.123 e. The molecular formula is C17H24N2S2. The van der Waals surface area contributed by atoms with Gasteiger partial charge >= 0.3 is 0 Å². The molecule has 114 valence electrons. The van der Waals surface area contributed by atoms with Crippen LogP contribution in [-0.2, 0) is 12.0 Å². The first-order chi connectivity index (χ1) is 9.95. The third-order valence-corrected chi connectivity index (χ3v) is 5.16. The number of thioether (sulfide) groups is 1. The Bertz CT molecular complexity index is 580. The average molecular weight is 321 g/mol. The fourth-order valence-corrected chi connectivity index (χ4v) is 4.15. The van der Waals surface area contributed by atoms with Gasteiger partial charge in [-0.05, 0) is 24.9 Å². The fraction of sp³-hybridized carbons (Fsp3) is 0.471. The Labute approximate surface area is 136 Å². The molecule has 0 unspecified atom stereocenters. The molecule has 0 fully saturated rings. The Morgan fingerprint density at radius 3 is 2.38 bits per heavy atom. The van der Waals surface area contributed by atoms with Gasteiger partial charge in [0.2, 0.25) is 0 Å². The van der Waals surface area contributed by atoms with Gasteiger partial charge in [0.25, 0.3) is 0 Å². The van der Waals surface area contributed by atoms with Gasteiger partial charge in [0.05, 0.1) is 5.69 Å². The molecule has 0 amide bonds. The van der Waals surface area contributed by atoms with Gasteiger partial charge in [-0.15, -0.1) is 23.1 Å². The molecule has 0 saturated carbocycles. The van der Waals surface area contributed by atoms with Gasteiger partial charge in [0, 0.05) is 27.3 Å². The lowest BCUT2D eigenvalue weighted by Gasteiger charge is -2.17. The summed E-state index contributed by atoms with van der Waals surface area (Å²) in [4.78, 5) is 7.58. The fourth-order valence-electron chi connectivity index (χ4n) is 2.20. The number of aromatic nitrogens is 1. The van der Waals surface area contributed by atoms with Gasteiger partial charge in [-0.1, -0.05) is 39.8 Å². The van der Waals surface area contributed by atoms with Crippen molar-refractivity contribution in [3.8, 4) is 10.6 Å². The summed E-state index contributed by atoms with van der Waals surface area (Å²) in [5, 5.41) is 4.38. The maximum atomic E-state index is 4.92. The maximum absolute atomic E-state index is 4.92. The van der Waals surface area contributed by atoms with Crippen molar-refractivity contribution >= 4 is 23.1 Å². The zero-order valence-corrected chi connectivity index (χ0v) is 15.1. The van der Waals surface area contributed by atoms with Crippen LogP contribution in [0.5, 0.6) is 0 Å². The normalized spacial score (nSPS) is 11.9. The molecule has 2 aromatic rings. The number of thiazole rings is 1. The van der Waals surface area contributed by atoms with Crippen molar-refractivity contribution in [1.82, 2.24) is 10.3 Å². The van der Waals surface area contributed by atoms with E-state index in [2.05, 4.69) is 57.3 Å². The molecule has 2 nitrogen and oxygen atoms in total. The lowest BCUT2D eigenvalue weighted by atomic mass is 9.91. The first-order valence-corrected chi connectivity index (χ1v) is 9.14. The SMILES string of the molecule is CCSc1ccc(-c2nc(C(C)(C)C)c(CNC)s2)cc1. The zero-order chi connectivity index (χ0) is 15.5. The summed E-state index contributed by atoms with van der Waals surface area (Å²) >= 11 is 3.68. The van der Waals surface area contributed by atoms with Crippen LogP contribution in [0.2, 0.25) is 0 Å². The highest BCUT2D eigenvalue weighted by Gasteiger charge is 2.23. The average Bonchev–Trinajstić information content (AvgIpc) is 2.84. The van der Waals surface area contributed by atoms with Gasteiger partial charge in [0.1, 0.15) is 5.01 Å². The van der Waals surface area contributed by atoms with Gasteiger partial charge in [-0.2, -0.15) is 0 Å². The van der Waals surface area contributed by atoms with Crippen molar-refractivity contribution < 1.29 is 0 Å². The van der Waals surface area contributed by atoms with E-state index >= 15 is 0 Å². The summed E-state index contributed by atoms with van der Waals surface area (Å²) < 4.78 is 0. The summed E-state index contributed by atoms with van der Waals surface area (Å²) in [6, 6.07) is 8.76. The van der Waals surface area contributed by atoms with Crippen molar-refractivity contribution in [2.45, 2.75) is 44.6 Å². The van der Waals surface area contributed by atoms with E-state index in [1.165, 1.54) is 21.0 Å². The van der Waals surface area contributed by atoms with Crippen molar-refractivity contribution in [1.29, 1.82) is 0 Å². The number of nitrogens with zero attached hydrogens (tertiary/aromatic N) is 1. The van der Waals surface area contributed by atoms with Gasteiger partial charge < -0.3 is 5.32 Å².